The molecule has 0 atom stereocenters. The molecule has 1 aromatic heterocycles. The molecule has 0 saturated carbocycles. The second-order valence-corrected chi connectivity index (χ2v) is 3.25. The van der Waals surface area contributed by atoms with Crippen LogP contribution >= 0.6 is 0 Å². The van der Waals surface area contributed by atoms with E-state index in [1.54, 1.807) is 10.9 Å². The molecule has 0 aliphatic rings. The molecule has 0 aliphatic carbocycles. The summed E-state index contributed by atoms with van der Waals surface area (Å²) in [5.74, 6) is -1.73. The van der Waals surface area contributed by atoms with E-state index in [1.807, 2.05) is 13.8 Å². The monoisotopic (exact) mass is 211 g/mol. The van der Waals surface area contributed by atoms with Crippen LogP contribution in [-0.2, 0) is 14.3 Å². The first kappa shape index (κ1) is 11.2. The van der Waals surface area contributed by atoms with Crippen LogP contribution in [0.15, 0.2) is 12.4 Å². The molecular formula is C9H13N3O3. The first-order chi connectivity index (χ1) is 7.04. The van der Waals surface area contributed by atoms with Gasteiger partial charge in [0.05, 0.1) is 19.0 Å². The molecule has 0 fully saturated rings. The van der Waals surface area contributed by atoms with Crippen LogP contribution in [0.1, 0.15) is 19.9 Å². The standard InChI is InChI=1S/C9H13N3O3/c1-6(2)12-5-7(4-10-12)11-8(13)9(14)15-3/h4-6H,1-3H3,(H,11,13). The molecule has 1 N–H and O–H groups in total. The van der Waals surface area contributed by atoms with E-state index in [-0.39, 0.29) is 6.04 Å². The molecular weight excluding hydrogens is 198 g/mol. The molecule has 0 spiro atoms. The number of carbonyl (C=O) groups excluding carboxylic acids is 2. The van der Waals surface area contributed by atoms with Crippen molar-refractivity contribution in [1.29, 1.82) is 0 Å². The first-order valence-corrected chi connectivity index (χ1v) is 4.48. The summed E-state index contributed by atoms with van der Waals surface area (Å²) in [7, 11) is 1.15. The van der Waals surface area contributed by atoms with Gasteiger partial charge in [-0.1, -0.05) is 0 Å². The van der Waals surface area contributed by atoms with Crippen molar-refractivity contribution in [3.63, 3.8) is 0 Å². The number of ether oxygens (including phenoxy) is 1. The Bertz CT molecular complexity index is 370. The van der Waals surface area contributed by atoms with Crippen LogP contribution in [-0.4, -0.2) is 28.8 Å². The largest absolute Gasteiger partial charge is 0.462 e. The van der Waals surface area contributed by atoms with E-state index < -0.39 is 11.9 Å². The Morgan fingerprint density at radius 2 is 2.20 bits per heavy atom. The van der Waals surface area contributed by atoms with Crippen molar-refractivity contribution >= 4 is 17.6 Å². The molecule has 82 valence electrons. The van der Waals surface area contributed by atoms with E-state index >= 15 is 0 Å². The van der Waals surface area contributed by atoms with E-state index in [0.717, 1.165) is 7.11 Å². The Labute approximate surface area is 87.2 Å². The highest BCUT2D eigenvalue weighted by molar-refractivity contribution is 6.37. The fourth-order valence-electron chi connectivity index (χ4n) is 0.960. The van der Waals surface area contributed by atoms with Gasteiger partial charge >= 0.3 is 11.9 Å². The lowest BCUT2D eigenvalue weighted by molar-refractivity contribution is -0.150. The molecule has 0 bridgehead atoms. The van der Waals surface area contributed by atoms with Crippen molar-refractivity contribution in [2.75, 3.05) is 12.4 Å². The predicted molar refractivity (Wildman–Crippen MR) is 53.3 cm³/mol. The summed E-state index contributed by atoms with van der Waals surface area (Å²) in [6, 6.07) is 0.203. The van der Waals surface area contributed by atoms with Gasteiger partial charge in [-0.3, -0.25) is 9.48 Å². The van der Waals surface area contributed by atoms with Crippen LogP contribution in [0.3, 0.4) is 0 Å². The quantitative estimate of drug-likeness (QED) is 0.573. The summed E-state index contributed by atoms with van der Waals surface area (Å²) < 4.78 is 5.93. The normalized spacial score (nSPS) is 10.1. The van der Waals surface area contributed by atoms with Crippen LogP contribution in [0.2, 0.25) is 0 Å². The fourth-order valence-corrected chi connectivity index (χ4v) is 0.960. The Morgan fingerprint density at radius 1 is 1.53 bits per heavy atom. The lowest BCUT2D eigenvalue weighted by Gasteiger charge is -2.03. The number of aromatic nitrogens is 2. The van der Waals surface area contributed by atoms with Crippen molar-refractivity contribution in [2.24, 2.45) is 0 Å². The number of carbonyl (C=O) groups is 2. The number of rotatable bonds is 2. The summed E-state index contributed by atoms with van der Waals surface area (Å²) in [4.78, 5) is 21.9. The number of hydrogen-bond acceptors (Lipinski definition) is 4. The number of nitrogens with one attached hydrogen (secondary N) is 1. The maximum absolute atomic E-state index is 11.1. The topological polar surface area (TPSA) is 73.2 Å². The molecule has 1 heterocycles. The molecule has 1 amide bonds. The van der Waals surface area contributed by atoms with Crippen molar-refractivity contribution < 1.29 is 14.3 Å². The summed E-state index contributed by atoms with van der Waals surface area (Å²) in [6.07, 6.45) is 3.12. The third kappa shape index (κ3) is 2.80. The van der Waals surface area contributed by atoms with Crippen molar-refractivity contribution in [3.05, 3.63) is 12.4 Å². The molecule has 6 heteroatoms. The maximum Gasteiger partial charge on any atom is 0.396 e. The van der Waals surface area contributed by atoms with Crippen molar-refractivity contribution in [1.82, 2.24) is 9.78 Å². The number of methoxy groups -OCH3 is 1. The maximum atomic E-state index is 11.1. The van der Waals surface area contributed by atoms with Crippen molar-refractivity contribution in [3.8, 4) is 0 Å². The molecule has 0 radical (unpaired) electrons. The van der Waals surface area contributed by atoms with E-state index in [2.05, 4.69) is 15.2 Å². The molecule has 1 rings (SSSR count). The number of hydrogen-bond donors (Lipinski definition) is 1. The van der Waals surface area contributed by atoms with Gasteiger partial charge in [-0.05, 0) is 13.8 Å². The van der Waals surface area contributed by atoms with Gasteiger partial charge < -0.3 is 10.1 Å². The minimum absolute atomic E-state index is 0.203. The number of nitrogens with zero attached hydrogens (tertiary/aromatic N) is 2. The lowest BCUT2D eigenvalue weighted by atomic mass is 10.4. The molecule has 0 aromatic carbocycles. The zero-order valence-electron chi connectivity index (χ0n) is 8.85. The summed E-state index contributed by atoms with van der Waals surface area (Å²) in [5, 5.41) is 6.37. The van der Waals surface area contributed by atoms with Gasteiger partial charge in [0.2, 0.25) is 0 Å². The molecule has 15 heavy (non-hydrogen) atoms. The minimum atomic E-state index is -0.924. The van der Waals surface area contributed by atoms with Gasteiger partial charge in [0, 0.05) is 12.2 Å². The van der Waals surface area contributed by atoms with Gasteiger partial charge in [-0.25, -0.2) is 4.79 Å². The van der Waals surface area contributed by atoms with Gasteiger partial charge in [0.25, 0.3) is 0 Å². The Hall–Kier alpha value is -1.85. The Kier molecular flexibility index (Phi) is 3.43. The Balaban J connectivity index is 2.65. The molecule has 0 aliphatic heterocycles. The zero-order chi connectivity index (χ0) is 11.4. The molecule has 6 nitrogen and oxygen atoms in total. The number of amides is 1. The zero-order valence-corrected chi connectivity index (χ0v) is 8.85. The molecule has 0 saturated heterocycles. The van der Waals surface area contributed by atoms with Gasteiger partial charge in [-0.2, -0.15) is 5.10 Å². The van der Waals surface area contributed by atoms with E-state index in [0.29, 0.717) is 5.69 Å². The fraction of sp³-hybridized carbons (Fsp3) is 0.444. The third-order valence-electron chi connectivity index (χ3n) is 1.76. The average molecular weight is 211 g/mol. The van der Waals surface area contributed by atoms with Crippen LogP contribution in [0.4, 0.5) is 5.69 Å². The second kappa shape index (κ2) is 4.59. The van der Waals surface area contributed by atoms with Gasteiger partial charge in [0.1, 0.15) is 0 Å². The minimum Gasteiger partial charge on any atom is -0.462 e. The summed E-state index contributed by atoms with van der Waals surface area (Å²) in [6.45, 7) is 3.91. The second-order valence-electron chi connectivity index (χ2n) is 3.25. The Morgan fingerprint density at radius 3 is 2.67 bits per heavy atom. The third-order valence-corrected chi connectivity index (χ3v) is 1.76. The first-order valence-electron chi connectivity index (χ1n) is 4.48. The summed E-state index contributed by atoms with van der Waals surface area (Å²) in [5.41, 5.74) is 0.471. The highest BCUT2D eigenvalue weighted by Gasteiger charge is 2.14. The van der Waals surface area contributed by atoms with E-state index in [1.165, 1.54) is 6.20 Å². The van der Waals surface area contributed by atoms with Crippen LogP contribution in [0.5, 0.6) is 0 Å². The molecule has 0 unspecified atom stereocenters. The van der Waals surface area contributed by atoms with Crippen molar-refractivity contribution in [2.45, 2.75) is 19.9 Å². The van der Waals surface area contributed by atoms with E-state index in [9.17, 15) is 9.59 Å². The van der Waals surface area contributed by atoms with Crippen LogP contribution < -0.4 is 5.32 Å². The highest BCUT2D eigenvalue weighted by atomic mass is 16.5. The summed E-state index contributed by atoms with van der Waals surface area (Å²) >= 11 is 0. The van der Waals surface area contributed by atoms with Gasteiger partial charge in [0.15, 0.2) is 0 Å². The number of anilines is 1. The average Bonchev–Trinajstić information content (AvgIpc) is 2.65. The number of esters is 1. The van der Waals surface area contributed by atoms with Crippen LogP contribution in [0.25, 0.3) is 0 Å². The smallest absolute Gasteiger partial charge is 0.396 e. The molecule has 1 aromatic rings. The van der Waals surface area contributed by atoms with Crippen LogP contribution in [0, 0.1) is 0 Å². The lowest BCUT2D eigenvalue weighted by Crippen LogP contribution is -2.23. The van der Waals surface area contributed by atoms with E-state index in [4.69, 9.17) is 0 Å². The SMILES string of the molecule is COC(=O)C(=O)Nc1cnn(C(C)C)c1. The highest BCUT2D eigenvalue weighted by Crippen LogP contribution is 2.09. The van der Waals surface area contributed by atoms with Gasteiger partial charge in [-0.15, -0.1) is 0 Å². The predicted octanol–water partition coefficient (Wildman–Crippen LogP) is 0.575.